The van der Waals surface area contributed by atoms with Crippen molar-refractivity contribution in [3.8, 4) is 12.3 Å². The van der Waals surface area contributed by atoms with Gasteiger partial charge in [-0.25, -0.2) is 0 Å². The van der Waals surface area contributed by atoms with Crippen LogP contribution < -0.4 is 0 Å². The monoisotopic (exact) mass is 239 g/mol. The van der Waals surface area contributed by atoms with E-state index in [2.05, 4.69) is 10.4 Å². The molecule has 1 rings (SSSR count). The van der Waals surface area contributed by atoms with E-state index in [9.17, 15) is 9.45 Å². The lowest BCUT2D eigenvalue weighted by molar-refractivity contribution is 0.172. The molecule has 3 atom stereocenters. The van der Waals surface area contributed by atoms with Crippen LogP contribution in [0.2, 0.25) is 0 Å². The minimum absolute atomic E-state index is 0.184. The fraction of sp³-hybridized carbons (Fsp3) is 0.714. The van der Waals surface area contributed by atoms with E-state index >= 15 is 0 Å². The van der Waals surface area contributed by atoms with Crippen LogP contribution >= 0.6 is 8.17 Å². The largest absolute Gasteiger partial charge is 0.616 e. The molecule has 1 aliphatic rings. The van der Waals surface area contributed by atoms with Crippen molar-refractivity contribution in [2.45, 2.75) is 6.10 Å². The summed E-state index contributed by atoms with van der Waals surface area (Å²) in [6.07, 6.45) is 4.60. The van der Waals surface area contributed by atoms with Gasteiger partial charge in [-0.15, -0.1) is 6.42 Å². The highest BCUT2D eigenvalue weighted by Crippen LogP contribution is 2.62. The molecule has 1 heterocycles. The van der Waals surface area contributed by atoms with Crippen LogP contribution in [0.25, 0.3) is 0 Å². The van der Waals surface area contributed by atoms with Gasteiger partial charge in [-0.05, 0) is 11.2 Å². The Balaban J connectivity index is 2.33. The van der Waals surface area contributed by atoms with Gasteiger partial charge in [0, 0.05) is 7.11 Å². The first-order valence-corrected chi connectivity index (χ1v) is 6.87. The third-order valence-electron chi connectivity index (χ3n) is 1.55. The quantitative estimate of drug-likeness (QED) is 0.428. The predicted molar refractivity (Wildman–Crippen MR) is 53.7 cm³/mol. The van der Waals surface area contributed by atoms with Gasteiger partial charge in [0.25, 0.3) is 0 Å². The van der Waals surface area contributed by atoms with Gasteiger partial charge in [-0.1, -0.05) is 5.92 Å². The summed E-state index contributed by atoms with van der Waals surface area (Å²) in [6.45, 7) is 0.189. The van der Waals surface area contributed by atoms with Crippen LogP contribution in [0, 0.1) is 12.3 Å². The molecule has 1 fully saturated rings. The molecule has 5 nitrogen and oxygen atoms in total. The molecule has 0 saturated carbocycles. The average molecular weight is 239 g/mol. The second-order valence-electron chi connectivity index (χ2n) is 2.63. The van der Waals surface area contributed by atoms with E-state index in [0.717, 1.165) is 0 Å². The van der Waals surface area contributed by atoms with Crippen LogP contribution in [0.15, 0.2) is 0 Å². The molecule has 1 saturated heterocycles. The highest BCUT2D eigenvalue weighted by atomic mass is 32.2. The van der Waals surface area contributed by atoms with Gasteiger partial charge in [0.2, 0.25) is 0 Å². The predicted octanol–water partition coefficient (Wildman–Crippen LogP) is 0.1000. The van der Waals surface area contributed by atoms with Gasteiger partial charge in [0.15, 0.2) is 5.75 Å². The third kappa shape index (κ3) is 3.37. The van der Waals surface area contributed by atoms with Gasteiger partial charge in [-0.3, -0.25) is 9.05 Å². The molecule has 0 aromatic heterocycles. The Morgan fingerprint density at radius 2 is 2.57 bits per heavy atom. The van der Waals surface area contributed by atoms with E-state index in [-0.39, 0.29) is 18.1 Å². The Bertz CT molecular complexity index is 233. The van der Waals surface area contributed by atoms with Crippen LogP contribution in [0.3, 0.4) is 0 Å². The molecule has 1 radical (unpaired) electrons. The van der Waals surface area contributed by atoms with Gasteiger partial charge >= 0.3 is 8.17 Å². The number of hydrogen-bond donors (Lipinski definition) is 1. The summed E-state index contributed by atoms with van der Waals surface area (Å²) in [6, 6.07) is 0. The Kier molecular flexibility index (Phi) is 4.61. The van der Waals surface area contributed by atoms with Crippen molar-refractivity contribution < 1.29 is 23.0 Å². The number of rotatable bonds is 4. The molecule has 0 bridgehead atoms. The van der Waals surface area contributed by atoms with Crippen LogP contribution in [0.5, 0.6) is 0 Å². The van der Waals surface area contributed by atoms with Crippen LogP contribution in [-0.2, 0) is 24.7 Å². The summed E-state index contributed by atoms with van der Waals surface area (Å²) in [5.74, 6) is 2.74. The first-order chi connectivity index (χ1) is 6.59. The molecule has 1 aliphatic heterocycles. The van der Waals surface area contributed by atoms with E-state index in [1.54, 1.807) is 0 Å². The molecule has 0 amide bonds. The summed E-state index contributed by atoms with van der Waals surface area (Å²) in [4.78, 5) is 9.42. The SMILES string of the molecule is C#CC[S+]([O-])CC1CO[P](O)(OC)O1. The lowest BCUT2D eigenvalue weighted by Gasteiger charge is -2.18. The molecule has 1 N–H and O–H groups in total. The molecule has 3 unspecified atom stereocenters. The van der Waals surface area contributed by atoms with Crippen molar-refractivity contribution in [1.29, 1.82) is 0 Å². The Hall–Kier alpha value is 0.140. The van der Waals surface area contributed by atoms with Crippen molar-refractivity contribution in [3.05, 3.63) is 0 Å². The van der Waals surface area contributed by atoms with E-state index in [4.69, 9.17) is 15.5 Å². The van der Waals surface area contributed by atoms with Gasteiger partial charge in [-0.2, -0.15) is 0 Å². The van der Waals surface area contributed by atoms with Crippen molar-refractivity contribution in [2.75, 3.05) is 25.2 Å². The Morgan fingerprint density at radius 3 is 3.07 bits per heavy atom. The Morgan fingerprint density at radius 1 is 1.86 bits per heavy atom. The molecule has 0 aromatic rings. The van der Waals surface area contributed by atoms with Crippen LogP contribution in [0.1, 0.15) is 0 Å². The van der Waals surface area contributed by atoms with Crippen molar-refractivity contribution in [3.63, 3.8) is 0 Å². The maximum Gasteiger partial charge on any atom is 0.378 e. The summed E-state index contributed by atoms with van der Waals surface area (Å²) in [5, 5.41) is 0. The zero-order chi connectivity index (χ0) is 10.6. The fourth-order valence-electron chi connectivity index (χ4n) is 0.960. The molecule has 81 valence electrons. The summed E-state index contributed by atoms with van der Waals surface area (Å²) in [5.41, 5.74) is 0. The first kappa shape index (κ1) is 12.2. The smallest absolute Gasteiger partial charge is 0.378 e. The van der Waals surface area contributed by atoms with Crippen molar-refractivity contribution in [1.82, 2.24) is 0 Å². The van der Waals surface area contributed by atoms with Crippen molar-refractivity contribution in [2.24, 2.45) is 0 Å². The normalized spacial score (nSPS) is 34.0. The zero-order valence-corrected chi connectivity index (χ0v) is 9.42. The number of terminal acetylenes is 1. The lowest BCUT2D eigenvalue weighted by atomic mass is 10.4. The molecule has 0 spiro atoms. The van der Waals surface area contributed by atoms with Gasteiger partial charge in [0.1, 0.15) is 11.9 Å². The highest BCUT2D eigenvalue weighted by Gasteiger charge is 2.41. The number of hydrogen-bond acceptors (Lipinski definition) is 5. The molecule has 7 heteroatoms. The van der Waals surface area contributed by atoms with E-state index in [1.807, 2.05) is 0 Å². The Labute approximate surface area is 86.6 Å². The maximum atomic E-state index is 11.2. The maximum absolute atomic E-state index is 11.2. The van der Waals surface area contributed by atoms with Crippen LogP contribution in [-0.4, -0.2) is 40.8 Å². The minimum Gasteiger partial charge on any atom is -0.616 e. The third-order valence-corrected chi connectivity index (χ3v) is 4.29. The second kappa shape index (κ2) is 5.29. The zero-order valence-electron chi connectivity index (χ0n) is 7.71. The average Bonchev–Trinajstić information content (AvgIpc) is 2.49. The summed E-state index contributed by atoms with van der Waals surface area (Å²) >= 11 is -1.14. The standard InChI is InChI=1S/C7H12O5PS/c1-3-4-14(9)6-7-5-11-13(8,10-2)12-7/h1,7-8H,4-6H2,2H3. The van der Waals surface area contributed by atoms with E-state index in [0.29, 0.717) is 0 Å². The highest BCUT2D eigenvalue weighted by molar-refractivity contribution is 7.91. The lowest BCUT2D eigenvalue weighted by Crippen LogP contribution is -2.24. The first-order valence-electron chi connectivity index (χ1n) is 3.88. The molecule has 14 heavy (non-hydrogen) atoms. The molecule has 0 aliphatic carbocycles. The minimum atomic E-state index is -3.12. The fourth-order valence-corrected chi connectivity index (χ4v) is 3.06. The topological polar surface area (TPSA) is 71.0 Å². The second-order valence-corrected chi connectivity index (χ2v) is 5.90. The summed E-state index contributed by atoms with van der Waals surface area (Å²) in [7, 11) is -1.82. The molecular weight excluding hydrogens is 227 g/mol. The molecule has 0 aromatic carbocycles. The summed E-state index contributed by atoms with van der Waals surface area (Å²) < 4.78 is 25.9. The molecular formula is C7H12O5PS. The van der Waals surface area contributed by atoms with Crippen LogP contribution in [0.4, 0.5) is 0 Å². The van der Waals surface area contributed by atoms with E-state index < -0.39 is 25.5 Å². The van der Waals surface area contributed by atoms with Gasteiger partial charge in [0.05, 0.1) is 6.61 Å². The van der Waals surface area contributed by atoms with Gasteiger partial charge < -0.3 is 14.0 Å². The van der Waals surface area contributed by atoms with Crippen molar-refractivity contribution >= 4 is 19.3 Å². The van der Waals surface area contributed by atoms with E-state index in [1.165, 1.54) is 7.11 Å².